The summed E-state index contributed by atoms with van der Waals surface area (Å²) in [7, 11) is 0. The quantitative estimate of drug-likeness (QED) is 0.612. The third kappa shape index (κ3) is 4.10. The van der Waals surface area contributed by atoms with E-state index in [0.29, 0.717) is 10.9 Å². The molecule has 1 aliphatic rings. The van der Waals surface area contributed by atoms with E-state index in [1.165, 1.54) is 25.3 Å². The maximum Gasteiger partial charge on any atom is 0.123 e. The van der Waals surface area contributed by atoms with Crippen LogP contribution in [0, 0.1) is 17.7 Å². The molecule has 0 heterocycles. The van der Waals surface area contributed by atoms with Crippen molar-refractivity contribution in [2.75, 3.05) is 0 Å². The number of halogens is 3. The van der Waals surface area contributed by atoms with Gasteiger partial charge in [-0.1, -0.05) is 31.4 Å². The van der Waals surface area contributed by atoms with Gasteiger partial charge in [0.05, 0.1) is 0 Å². The molecule has 0 radical (unpaired) electrons. The molecule has 0 amide bonds. The van der Waals surface area contributed by atoms with Crippen LogP contribution >= 0.6 is 23.2 Å². The van der Waals surface area contributed by atoms with Crippen LogP contribution in [0.1, 0.15) is 44.6 Å². The Morgan fingerprint density at radius 3 is 2.84 bits per heavy atom. The van der Waals surface area contributed by atoms with Gasteiger partial charge in [-0.15, -0.1) is 11.6 Å². The van der Waals surface area contributed by atoms with Crippen molar-refractivity contribution in [2.24, 2.45) is 11.8 Å². The maximum absolute atomic E-state index is 13.3. The molecular weight excluding hydrogens is 282 g/mol. The molecule has 1 aromatic rings. The second kappa shape index (κ2) is 6.95. The van der Waals surface area contributed by atoms with Crippen molar-refractivity contribution in [3.63, 3.8) is 0 Å². The van der Waals surface area contributed by atoms with Crippen LogP contribution in [0.4, 0.5) is 4.39 Å². The van der Waals surface area contributed by atoms with Crippen LogP contribution in [0.15, 0.2) is 18.2 Å². The summed E-state index contributed by atoms with van der Waals surface area (Å²) < 4.78 is 13.3. The van der Waals surface area contributed by atoms with Crippen LogP contribution in [0.3, 0.4) is 0 Å². The second-order valence-electron chi connectivity index (χ2n) is 5.68. The van der Waals surface area contributed by atoms with Gasteiger partial charge in [-0.3, -0.25) is 0 Å². The highest BCUT2D eigenvalue weighted by molar-refractivity contribution is 6.31. The fraction of sp³-hybridized carbons (Fsp3) is 0.625. The van der Waals surface area contributed by atoms with Crippen molar-refractivity contribution >= 4 is 23.2 Å². The average molecular weight is 303 g/mol. The van der Waals surface area contributed by atoms with Crippen molar-refractivity contribution in [1.29, 1.82) is 0 Å². The first-order valence-electron chi connectivity index (χ1n) is 7.18. The van der Waals surface area contributed by atoms with Crippen LogP contribution in [0.5, 0.6) is 0 Å². The summed E-state index contributed by atoms with van der Waals surface area (Å²) >= 11 is 12.6. The minimum Gasteiger partial charge on any atom is -0.207 e. The summed E-state index contributed by atoms with van der Waals surface area (Å²) in [6.45, 7) is 2.23. The van der Waals surface area contributed by atoms with Gasteiger partial charge in [-0.25, -0.2) is 4.39 Å². The van der Waals surface area contributed by atoms with Gasteiger partial charge in [0.2, 0.25) is 0 Å². The van der Waals surface area contributed by atoms with Crippen molar-refractivity contribution in [2.45, 2.75) is 50.8 Å². The number of alkyl halides is 1. The number of benzene rings is 1. The molecule has 0 saturated heterocycles. The molecule has 2 rings (SSSR count). The summed E-state index contributed by atoms with van der Waals surface area (Å²) in [4.78, 5) is 0. The van der Waals surface area contributed by atoms with Gasteiger partial charge >= 0.3 is 0 Å². The zero-order chi connectivity index (χ0) is 13.8. The second-order valence-corrected chi connectivity index (χ2v) is 6.65. The Bertz CT molecular complexity index is 419. The lowest BCUT2D eigenvalue weighted by molar-refractivity contribution is 0.257. The predicted octanol–water partition coefficient (Wildman–Crippen LogP) is 5.85. The minimum atomic E-state index is -0.216. The van der Waals surface area contributed by atoms with E-state index in [0.717, 1.165) is 30.7 Å². The molecule has 0 nitrogen and oxygen atoms in total. The van der Waals surface area contributed by atoms with E-state index in [2.05, 4.69) is 6.92 Å². The summed E-state index contributed by atoms with van der Waals surface area (Å²) in [6, 6.07) is 4.60. The normalized spacial score (nSPS) is 27.5. The van der Waals surface area contributed by atoms with E-state index < -0.39 is 0 Å². The maximum atomic E-state index is 13.3. The topological polar surface area (TPSA) is 0 Å². The van der Waals surface area contributed by atoms with Gasteiger partial charge in [-0.2, -0.15) is 0 Å². The van der Waals surface area contributed by atoms with Gasteiger partial charge < -0.3 is 0 Å². The first kappa shape index (κ1) is 15.1. The summed E-state index contributed by atoms with van der Waals surface area (Å²) in [5, 5.41) is 0.857. The first-order valence-corrected chi connectivity index (χ1v) is 7.99. The van der Waals surface area contributed by atoms with E-state index in [4.69, 9.17) is 23.2 Å². The van der Waals surface area contributed by atoms with Gasteiger partial charge in [0.1, 0.15) is 5.82 Å². The van der Waals surface area contributed by atoms with Gasteiger partial charge in [0, 0.05) is 10.4 Å². The van der Waals surface area contributed by atoms with E-state index in [-0.39, 0.29) is 11.2 Å². The van der Waals surface area contributed by atoms with E-state index in [1.807, 2.05) is 0 Å². The number of hydrogen-bond donors (Lipinski definition) is 0. The molecule has 106 valence electrons. The molecule has 0 spiro atoms. The van der Waals surface area contributed by atoms with Crippen molar-refractivity contribution in [1.82, 2.24) is 0 Å². The Morgan fingerprint density at radius 1 is 1.32 bits per heavy atom. The molecule has 1 fully saturated rings. The van der Waals surface area contributed by atoms with Crippen LogP contribution in [-0.2, 0) is 6.42 Å². The molecule has 1 aromatic carbocycles. The lowest BCUT2D eigenvalue weighted by atomic mass is 9.76. The van der Waals surface area contributed by atoms with Gasteiger partial charge in [0.25, 0.3) is 0 Å². The molecule has 1 saturated carbocycles. The van der Waals surface area contributed by atoms with Crippen LogP contribution in [-0.4, -0.2) is 5.38 Å². The summed E-state index contributed by atoms with van der Waals surface area (Å²) in [6.07, 6.45) is 6.75. The number of rotatable bonds is 4. The Morgan fingerprint density at radius 2 is 2.11 bits per heavy atom. The summed E-state index contributed by atoms with van der Waals surface area (Å²) in [5.74, 6) is 0.982. The molecule has 0 aliphatic heterocycles. The molecule has 19 heavy (non-hydrogen) atoms. The standard InChI is InChI=1S/C16H21Cl2F/c1-2-3-11-4-6-15(17)12(8-11)9-13-10-14(19)5-7-16(13)18/h5,7,10-12,15H,2-4,6,8-9H2,1H3. The third-order valence-electron chi connectivity index (χ3n) is 4.19. The Balaban J connectivity index is 2.05. The lowest BCUT2D eigenvalue weighted by Gasteiger charge is -2.33. The zero-order valence-electron chi connectivity index (χ0n) is 11.3. The largest absolute Gasteiger partial charge is 0.207 e. The monoisotopic (exact) mass is 302 g/mol. The number of hydrogen-bond acceptors (Lipinski definition) is 0. The van der Waals surface area contributed by atoms with E-state index in [9.17, 15) is 4.39 Å². The van der Waals surface area contributed by atoms with Crippen LogP contribution in [0.2, 0.25) is 5.02 Å². The predicted molar refractivity (Wildman–Crippen MR) is 80.5 cm³/mol. The fourth-order valence-electron chi connectivity index (χ4n) is 3.19. The zero-order valence-corrected chi connectivity index (χ0v) is 12.9. The van der Waals surface area contributed by atoms with Crippen molar-refractivity contribution in [3.8, 4) is 0 Å². The van der Waals surface area contributed by atoms with Crippen molar-refractivity contribution < 1.29 is 4.39 Å². The fourth-order valence-corrected chi connectivity index (χ4v) is 3.70. The molecule has 3 heteroatoms. The third-order valence-corrected chi connectivity index (χ3v) is 5.13. The Hall–Kier alpha value is -0.270. The molecule has 1 aliphatic carbocycles. The van der Waals surface area contributed by atoms with Crippen LogP contribution < -0.4 is 0 Å². The smallest absolute Gasteiger partial charge is 0.123 e. The summed E-state index contributed by atoms with van der Waals surface area (Å²) in [5.41, 5.74) is 0.898. The highest BCUT2D eigenvalue weighted by Crippen LogP contribution is 2.37. The average Bonchev–Trinajstić information content (AvgIpc) is 2.38. The van der Waals surface area contributed by atoms with Crippen molar-refractivity contribution in [3.05, 3.63) is 34.6 Å². The highest BCUT2D eigenvalue weighted by Gasteiger charge is 2.29. The molecule has 3 atom stereocenters. The Labute approximate surface area is 125 Å². The lowest BCUT2D eigenvalue weighted by Crippen LogP contribution is -2.27. The van der Waals surface area contributed by atoms with Gasteiger partial charge in [-0.05, 0) is 61.3 Å². The molecule has 0 aromatic heterocycles. The Kier molecular flexibility index (Phi) is 5.53. The molecular formula is C16H21Cl2F. The SMILES string of the molecule is CCCC1CCC(Cl)C(Cc2cc(F)ccc2Cl)C1. The van der Waals surface area contributed by atoms with Gasteiger partial charge in [0.15, 0.2) is 0 Å². The molecule has 0 N–H and O–H groups in total. The first-order chi connectivity index (χ1) is 9.10. The van der Waals surface area contributed by atoms with E-state index >= 15 is 0 Å². The minimum absolute atomic E-state index is 0.201. The highest BCUT2D eigenvalue weighted by atomic mass is 35.5. The molecule has 3 unspecified atom stereocenters. The molecule has 0 bridgehead atoms. The van der Waals surface area contributed by atoms with Crippen LogP contribution in [0.25, 0.3) is 0 Å². The van der Waals surface area contributed by atoms with E-state index in [1.54, 1.807) is 12.1 Å².